The van der Waals surface area contributed by atoms with Gasteiger partial charge >= 0.3 is 0 Å². The molecule has 0 aliphatic carbocycles. The molecule has 25 heavy (non-hydrogen) atoms. The summed E-state index contributed by atoms with van der Waals surface area (Å²) < 4.78 is 0. The lowest BCUT2D eigenvalue weighted by Gasteiger charge is -2.08. The number of aromatic amines is 1. The number of anilines is 1. The molecule has 6 heteroatoms. The van der Waals surface area contributed by atoms with Crippen LogP contribution in [0.1, 0.15) is 53.5 Å². The van der Waals surface area contributed by atoms with Crippen LogP contribution >= 0.6 is 0 Å². The number of nitrogens with zero attached hydrogens (tertiary/aromatic N) is 1. The van der Waals surface area contributed by atoms with Gasteiger partial charge in [0.2, 0.25) is 5.91 Å². The lowest BCUT2D eigenvalue weighted by atomic mass is 10.1. The molecule has 0 aliphatic heterocycles. The molecular weight excluding hydrogens is 316 g/mol. The number of rotatable bonds is 8. The van der Waals surface area contributed by atoms with Crippen LogP contribution in [0.4, 0.5) is 5.69 Å². The molecule has 0 unspecified atom stereocenters. The minimum atomic E-state index is -0.123. The summed E-state index contributed by atoms with van der Waals surface area (Å²) in [6, 6.07) is 6.95. The van der Waals surface area contributed by atoms with Crippen LogP contribution in [0, 0.1) is 13.8 Å². The summed E-state index contributed by atoms with van der Waals surface area (Å²) in [5, 5.41) is 12.8. The summed E-state index contributed by atoms with van der Waals surface area (Å²) in [5.41, 5.74) is 4.43. The molecule has 1 aromatic carbocycles. The monoisotopic (exact) mass is 342 g/mol. The highest BCUT2D eigenvalue weighted by Crippen LogP contribution is 2.12. The van der Waals surface area contributed by atoms with Crippen LogP contribution in [-0.4, -0.2) is 28.6 Å². The van der Waals surface area contributed by atoms with E-state index in [0.29, 0.717) is 24.2 Å². The van der Waals surface area contributed by atoms with Gasteiger partial charge in [-0.1, -0.05) is 13.3 Å². The number of aromatic nitrogens is 2. The Morgan fingerprint density at radius 3 is 2.48 bits per heavy atom. The van der Waals surface area contributed by atoms with Crippen molar-refractivity contribution >= 4 is 17.5 Å². The Morgan fingerprint density at radius 1 is 1.16 bits per heavy atom. The first-order chi connectivity index (χ1) is 12.0. The summed E-state index contributed by atoms with van der Waals surface area (Å²) in [6.07, 6.45) is 3.13. The molecule has 1 aromatic heterocycles. The summed E-state index contributed by atoms with van der Waals surface area (Å²) in [5.74, 6) is -0.118. The van der Waals surface area contributed by atoms with Gasteiger partial charge in [0.1, 0.15) is 0 Å². The molecule has 0 aliphatic rings. The molecule has 3 N–H and O–H groups in total. The van der Waals surface area contributed by atoms with E-state index in [4.69, 9.17) is 0 Å². The van der Waals surface area contributed by atoms with Gasteiger partial charge in [0.05, 0.1) is 5.69 Å². The number of hydrogen-bond donors (Lipinski definition) is 3. The third-order valence-corrected chi connectivity index (χ3v) is 4.13. The minimum absolute atomic E-state index is 0.00454. The predicted molar refractivity (Wildman–Crippen MR) is 98.7 cm³/mol. The fraction of sp³-hybridized carbons (Fsp3) is 0.421. The number of aryl methyl sites for hydroxylation is 2. The largest absolute Gasteiger partial charge is 0.352 e. The van der Waals surface area contributed by atoms with Crippen LogP contribution in [-0.2, 0) is 11.2 Å². The second kappa shape index (κ2) is 9.01. The van der Waals surface area contributed by atoms with Crippen molar-refractivity contribution in [3.8, 4) is 0 Å². The smallest absolute Gasteiger partial charge is 0.251 e. The highest BCUT2D eigenvalue weighted by Gasteiger charge is 2.09. The Balaban J connectivity index is 1.82. The fourth-order valence-corrected chi connectivity index (χ4v) is 2.61. The highest BCUT2D eigenvalue weighted by molar-refractivity contribution is 5.95. The molecule has 0 fully saturated rings. The maximum atomic E-state index is 12.2. The van der Waals surface area contributed by atoms with Crippen LogP contribution in [0.3, 0.4) is 0 Å². The van der Waals surface area contributed by atoms with Gasteiger partial charge in [-0.3, -0.25) is 14.7 Å². The van der Waals surface area contributed by atoms with Crippen molar-refractivity contribution < 1.29 is 9.59 Å². The number of amides is 2. The number of unbranched alkanes of at least 4 members (excludes halogenated alkanes) is 1. The SMILES string of the molecule is CCCCC(=O)Nc1ccc(C(=O)NCCc2c(C)n[nH]c2C)cc1. The van der Waals surface area contributed by atoms with Crippen LogP contribution in [0.15, 0.2) is 24.3 Å². The second-order valence-electron chi connectivity index (χ2n) is 6.15. The third-order valence-electron chi connectivity index (χ3n) is 4.13. The average Bonchev–Trinajstić information content (AvgIpc) is 2.92. The molecule has 2 amide bonds. The van der Waals surface area contributed by atoms with Crippen molar-refractivity contribution in [2.75, 3.05) is 11.9 Å². The summed E-state index contributed by atoms with van der Waals surface area (Å²) >= 11 is 0. The molecule has 1 heterocycles. The quantitative estimate of drug-likeness (QED) is 0.689. The van der Waals surface area contributed by atoms with Crippen LogP contribution in [0.2, 0.25) is 0 Å². The number of carbonyl (C=O) groups excluding carboxylic acids is 2. The van der Waals surface area contributed by atoms with Crippen LogP contribution in [0.25, 0.3) is 0 Å². The van der Waals surface area contributed by atoms with E-state index < -0.39 is 0 Å². The molecule has 2 aromatic rings. The zero-order chi connectivity index (χ0) is 18.2. The maximum absolute atomic E-state index is 12.2. The molecule has 2 rings (SSSR count). The van der Waals surface area contributed by atoms with Gasteiger partial charge in [-0.25, -0.2) is 0 Å². The number of carbonyl (C=O) groups is 2. The first-order valence-corrected chi connectivity index (χ1v) is 8.69. The third kappa shape index (κ3) is 5.45. The van der Waals surface area contributed by atoms with E-state index in [1.807, 2.05) is 13.8 Å². The van der Waals surface area contributed by atoms with Gasteiger partial charge in [-0.2, -0.15) is 5.10 Å². The molecule has 6 nitrogen and oxygen atoms in total. The first-order valence-electron chi connectivity index (χ1n) is 8.69. The summed E-state index contributed by atoms with van der Waals surface area (Å²) in [7, 11) is 0. The van der Waals surface area contributed by atoms with Crippen molar-refractivity contribution in [1.82, 2.24) is 15.5 Å². The van der Waals surface area contributed by atoms with Crippen molar-refractivity contribution in [2.45, 2.75) is 46.5 Å². The van der Waals surface area contributed by atoms with E-state index in [0.717, 1.165) is 36.2 Å². The molecule has 0 saturated heterocycles. The van der Waals surface area contributed by atoms with E-state index >= 15 is 0 Å². The average molecular weight is 342 g/mol. The Morgan fingerprint density at radius 2 is 1.88 bits per heavy atom. The van der Waals surface area contributed by atoms with Gasteiger partial charge in [0.15, 0.2) is 0 Å². The van der Waals surface area contributed by atoms with Crippen LogP contribution < -0.4 is 10.6 Å². The van der Waals surface area contributed by atoms with Gasteiger partial charge in [-0.15, -0.1) is 0 Å². The normalized spacial score (nSPS) is 10.5. The van der Waals surface area contributed by atoms with Gasteiger partial charge < -0.3 is 10.6 Å². The standard InChI is InChI=1S/C19H26N4O2/c1-4-5-6-18(24)21-16-9-7-15(8-10-16)19(25)20-12-11-17-13(2)22-23-14(17)3/h7-10H,4-6,11-12H2,1-3H3,(H,20,25)(H,21,24)(H,22,23). The molecule has 0 bridgehead atoms. The van der Waals surface area contributed by atoms with E-state index in [-0.39, 0.29) is 11.8 Å². The zero-order valence-electron chi connectivity index (χ0n) is 15.1. The topological polar surface area (TPSA) is 86.9 Å². The zero-order valence-corrected chi connectivity index (χ0v) is 15.1. The number of nitrogens with one attached hydrogen (secondary N) is 3. The number of benzene rings is 1. The lowest BCUT2D eigenvalue weighted by Crippen LogP contribution is -2.25. The van der Waals surface area contributed by atoms with Gasteiger partial charge in [-0.05, 0) is 56.5 Å². The molecule has 0 spiro atoms. The Bertz CT molecular complexity index is 700. The number of hydrogen-bond acceptors (Lipinski definition) is 3. The van der Waals surface area contributed by atoms with E-state index in [1.54, 1.807) is 24.3 Å². The molecule has 0 atom stereocenters. The maximum Gasteiger partial charge on any atom is 0.251 e. The van der Waals surface area contributed by atoms with Crippen molar-refractivity contribution in [1.29, 1.82) is 0 Å². The Labute approximate surface area is 148 Å². The minimum Gasteiger partial charge on any atom is -0.352 e. The molecule has 0 radical (unpaired) electrons. The predicted octanol–water partition coefficient (Wildman–Crippen LogP) is 3.13. The molecule has 0 saturated carbocycles. The van der Waals surface area contributed by atoms with Gasteiger partial charge in [0, 0.05) is 29.9 Å². The lowest BCUT2D eigenvalue weighted by molar-refractivity contribution is -0.116. The van der Waals surface area contributed by atoms with E-state index in [9.17, 15) is 9.59 Å². The van der Waals surface area contributed by atoms with Crippen LogP contribution in [0.5, 0.6) is 0 Å². The summed E-state index contributed by atoms with van der Waals surface area (Å²) in [4.78, 5) is 23.9. The van der Waals surface area contributed by atoms with Crippen molar-refractivity contribution in [3.63, 3.8) is 0 Å². The highest BCUT2D eigenvalue weighted by atomic mass is 16.2. The second-order valence-corrected chi connectivity index (χ2v) is 6.15. The van der Waals surface area contributed by atoms with Crippen molar-refractivity contribution in [3.05, 3.63) is 46.8 Å². The van der Waals surface area contributed by atoms with E-state index in [1.165, 1.54) is 0 Å². The first kappa shape index (κ1) is 18.7. The summed E-state index contributed by atoms with van der Waals surface area (Å²) in [6.45, 7) is 6.53. The molecular formula is C19H26N4O2. The van der Waals surface area contributed by atoms with E-state index in [2.05, 4.69) is 27.8 Å². The fourth-order valence-electron chi connectivity index (χ4n) is 2.61. The Kier molecular flexibility index (Phi) is 6.74. The van der Waals surface area contributed by atoms with Crippen molar-refractivity contribution in [2.24, 2.45) is 0 Å². The Hall–Kier alpha value is -2.63. The molecule has 134 valence electrons. The van der Waals surface area contributed by atoms with Gasteiger partial charge in [0.25, 0.3) is 5.91 Å². The number of H-pyrrole nitrogens is 1.